The number of rotatable bonds is 5. The highest BCUT2D eigenvalue weighted by atomic mass is 35.5. The van der Waals surface area contributed by atoms with Gasteiger partial charge in [0.15, 0.2) is 0 Å². The topological polar surface area (TPSA) is 46.9 Å². The van der Waals surface area contributed by atoms with Gasteiger partial charge in [0, 0.05) is 36.8 Å². The third-order valence-electron chi connectivity index (χ3n) is 5.86. The third-order valence-corrected chi connectivity index (χ3v) is 6.41. The summed E-state index contributed by atoms with van der Waals surface area (Å²) < 4.78 is 0. The number of phenolic OH excluding ortho intramolecular Hbond substituents is 1. The Hall–Kier alpha value is -2.24. The number of piperazine rings is 1. The van der Waals surface area contributed by atoms with Gasteiger partial charge in [-0.25, -0.2) is 0 Å². The maximum atomic E-state index is 10.8. The minimum atomic E-state index is -0.762. The van der Waals surface area contributed by atoms with Gasteiger partial charge in [0.25, 0.3) is 0 Å². The Labute approximate surface area is 193 Å². The van der Waals surface area contributed by atoms with Crippen LogP contribution in [0.25, 0.3) is 0 Å². The molecule has 4 nitrogen and oxygen atoms in total. The summed E-state index contributed by atoms with van der Waals surface area (Å²) in [6.45, 7) is 4.74. The van der Waals surface area contributed by atoms with Crippen molar-refractivity contribution in [3.05, 3.63) is 93.5 Å². The van der Waals surface area contributed by atoms with Crippen LogP contribution in [-0.2, 0) is 0 Å². The zero-order chi connectivity index (χ0) is 22.0. The molecule has 0 amide bonds. The molecule has 1 unspecified atom stereocenters. The van der Waals surface area contributed by atoms with Crippen LogP contribution < -0.4 is 4.90 Å². The lowest BCUT2D eigenvalue weighted by molar-refractivity contribution is 0.0986. The van der Waals surface area contributed by atoms with Gasteiger partial charge in [-0.1, -0.05) is 59.6 Å². The first kappa shape index (κ1) is 22.0. The molecule has 1 aliphatic heterocycles. The molecule has 1 fully saturated rings. The number of phenols is 1. The first-order valence-electron chi connectivity index (χ1n) is 10.4. The number of aryl methyl sites for hydroxylation is 1. The molecule has 2 N–H and O–H groups in total. The number of aliphatic hydroxyl groups is 1. The fourth-order valence-corrected chi connectivity index (χ4v) is 4.69. The molecule has 6 heteroatoms. The molecule has 0 radical (unpaired) electrons. The summed E-state index contributed by atoms with van der Waals surface area (Å²) in [6, 6.07) is 21.1. The maximum absolute atomic E-state index is 10.8. The quantitative estimate of drug-likeness (QED) is 0.523. The van der Waals surface area contributed by atoms with Gasteiger partial charge in [0.1, 0.15) is 5.75 Å². The van der Waals surface area contributed by atoms with Crippen LogP contribution in [0.5, 0.6) is 5.75 Å². The van der Waals surface area contributed by atoms with E-state index in [0.29, 0.717) is 17.1 Å². The zero-order valence-corrected chi connectivity index (χ0v) is 18.9. The standard InChI is InChI=1S/C25H26Cl2N2O2/c1-17-6-11-22(21(27)14-17)29-13-12-28(15-23(29)18-7-9-19(26)10-8-18)16-25(31)20-4-2-3-5-24(20)30/h2-11,14,23,25,30-31H,12-13,15-16H2,1H3/t23-,25?/m0/s1. The maximum Gasteiger partial charge on any atom is 0.121 e. The Morgan fingerprint density at radius 3 is 2.45 bits per heavy atom. The van der Waals surface area contributed by atoms with E-state index in [2.05, 4.69) is 21.9 Å². The van der Waals surface area contributed by atoms with Crippen molar-refractivity contribution in [1.29, 1.82) is 0 Å². The highest BCUT2D eigenvalue weighted by Gasteiger charge is 2.31. The third kappa shape index (κ3) is 4.99. The molecule has 1 heterocycles. The van der Waals surface area contributed by atoms with Crippen LogP contribution in [-0.4, -0.2) is 41.3 Å². The highest BCUT2D eigenvalue weighted by molar-refractivity contribution is 6.33. The van der Waals surface area contributed by atoms with Gasteiger partial charge in [-0.3, -0.25) is 4.90 Å². The fourth-order valence-electron chi connectivity index (χ4n) is 4.22. The van der Waals surface area contributed by atoms with Gasteiger partial charge < -0.3 is 15.1 Å². The van der Waals surface area contributed by atoms with E-state index in [-0.39, 0.29) is 11.8 Å². The lowest BCUT2D eigenvalue weighted by Crippen LogP contribution is -2.49. The molecule has 0 aliphatic carbocycles. The van der Waals surface area contributed by atoms with Gasteiger partial charge in [0.2, 0.25) is 0 Å². The van der Waals surface area contributed by atoms with Crippen molar-refractivity contribution in [3.63, 3.8) is 0 Å². The van der Waals surface area contributed by atoms with Gasteiger partial charge in [0.05, 0.1) is 22.9 Å². The number of nitrogens with zero attached hydrogens (tertiary/aromatic N) is 2. The van der Waals surface area contributed by atoms with Gasteiger partial charge in [-0.15, -0.1) is 0 Å². The first-order valence-corrected chi connectivity index (χ1v) is 11.1. The largest absolute Gasteiger partial charge is 0.508 e. The van der Waals surface area contributed by atoms with Crippen LogP contribution in [0.15, 0.2) is 66.7 Å². The molecule has 2 atom stereocenters. The molecule has 1 aliphatic rings. The summed E-state index contributed by atoms with van der Waals surface area (Å²) in [5.74, 6) is 0.120. The number of aliphatic hydroxyl groups excluding tert-OH is 1. The SMILES string of the molecule is Cc1ccc(N2CCN(CC(O)c3ccccc3O)C[C@H]2c2ccc(Cl)cc2)c(Cl)c1. The molecule has 0 aromatic heterocycles. The van der Waals surface area contributed by atoms with Gasteiger partial charge in [-0.05, 0) is 48.4 Å². The summed E-state index contributed by atoms with van der Waals surface area (Å²) in [7, 11) is 0. The van der Waals surface area contributed by atoms with Crippen LogP contribution in [0.2, 0.25) is 10.0 Å². The Kier molecular flexibility index (Phi) is 6.73. The molecule has 0 spiro atoms. The van der Waals surface area contributed by atoms with Crippen LogP contribution in [0.4, 0.5) is 5.69 Å². The number of para-hydroxylation sites is 1. The van der Waals surface area contributed by atoms with E-state index in [1.165, 1.54) is 0 Å². The second kappa shape index (κ2) is 9.49. The monoisotopic (exact) mass is 456 g/mol. The highest BCUT2D eigenvalue weighted by Crippen LogP contribution is 2.36. The molecule has 4 rings (SSSR count). The van der Waals surface area contributed by atoms with Crippen molar-refractivity contribution in [2.75, 3.05) is 31.1 Å². The van der Waals surface area contributed by atoms with Crippen molar-refractivity contribution in [2.24, 2.45) is 0 Å². The van der Waals surface area contributed by atoms with Crippen LogP contribution >= 0.6 is 23.2 Å². The summed E-state index contributed by atoms with van der Waals surface area (Å²) in [6.07, 6.45) is -0.762. The first-order chi connectivity index (χ1) is 14.9. The number of aromatic hydroxyl groups is 1. The van der Waals surface area contributed by atoms with Crippen molar-refractivity contribution in [1.82, 2.24) is 4.90 Å². The number of anilines is 1. The molecule has 0 bridgehead atoms. The number of hydrogen-bond acceptors (Lipinski definition) is 4. The van der Waals surface area contributed by atoms with Gasteiger partial charge in [-0.2, -0.15) is 0 Å². The van der Waals surface area contributed by atoms with E-state index in [0.717, 1.165) is 41.5 Å². The summed E-state index contributed by atoms with van der Waals surface area (Å²) in [4.78, 5) is 4.56. The van der Waals surface area contributed by atoms with Crippen molar-refractivity contribution >= 4 is 28.9 Å². The Bertz CT molecular complexity index is 1040. The molecule has 3 aromatic rings. The number of hydrogen-bond donors (Lipinski definition) is 2. The lowest BCUT2D eigenvalue weighted by atomic mass is 10.00. The summed E-state index contributed by atoms with van der Waals surface area (Å²) in [5.41, 5.74) is 3.83. The minimum Gasteiger partial charge on any atom is -0.508 e. The molecule has 31 heavy (non-hydrogen) atoms. The lowest BCUT2D eigenvalue weighted by Gasteiger charge is -2.44. The van der Waals surface area contributed by atoms with Crippen molar-refractivity contribution in [3.8, 4) is 5.75 Å². The second-order valence-corrected chi connectivity index (χ2v) is 8.89. The van der Waals surface area contributed by atoms with E-state index in [4.69, 9.17) is 23.2 Å². The molecule has 3 aromatic carbocycles. The average molecular weight is 457 g/mol. The smallest absolute Gasteiger partial charge is 0.121 e. The van der Waals surface area contributed by atoms with Gasteiger partial charge >= 0.3 is 0 Å². The van der Waals surface area contributed by atoms with Crippen LogP contribution in [0, 0.1) is 6.92 Å². The molecular formula is C25H26Cl2N2O2. The Balaban J connectivity index is 1.59. The average Bonchev–Trinajstić information content (AvgIpc) is 2.75. The molecule has 0 saturated carbocycles. The van der Waals surface area contributed by atoms with Crippen LogP contribution in [0.3, 0.4) is 0 Å². The van der Waals surface area contributed by atoms with Crippen LogP contribution in [0.1, 0.15) is 28.8 Å². The van der Waals surface area contributed by atoms with Crippen molar-refractivity contribution < 1.29 is 10.2 Å². The zero-order valence-electron chi connectivity index (χ0n) is 17.4. The second-order valence-electron chi connectivity index (χ2n) is 8.05. The van der Waals surface area contributed by atoms with E-state index >= 15 is 0 Å². The minimum absolute atomic E-state index is 0.0581. The Morgan fingerprint density at radius 2 is 1.74 bits per heavy atom. The normalized spacial score (nSPS) is 18.2. The predicted octanol–water partition coefficient (Wildman–Crippen LogP) is 5.60. The molecule has 162 valence electrons. The number of benzene rings is 3. The molecule has 1 saturated heterocycles. The van der Waals surface area contributed by atoms with Crippen molar-refractivity contribution in [2.45, 2.75) is 19.1 Å². The van der Waals surface area contributed by atoms with E-state index in [1.807, 2.05) is 43.3 Å². The molecular weight excluding hydrogens is 431 g/mol. The summed E-state index contributed by atoms with van der Waals surface area (Å²) in [5, 5.41) is 22.3. The predicted molar refractivity (Wildman–Crippen MR) is 127 cm³/mol. The van der Waals surface area contributed by atoms with E-state index in [1.54, 1.807) is 18.2 Å². The Morgan fingerprint density at radius 1 is 1.00 bits per heavy atom. The summed E-state index contributed by atoms with van der Waals surface area (Å²) >= 11 is 12.7. The number of β-amino-alcohol motifs (C(OH)–C–C–N with tert-alkyl or cyclic N) is 1. The van der Waals surface area contributed by atoms with E-state index < -0.39 is 6.10 Å². The van der Waals surface area contributed by atoms with E-state index in [9.17, 15) is 10.2 Å². The fraction of sp³-hybridized carbons (Fsp3) is 0.280. The number of halogens is 2.